The van der Waals surface area contributed by atoms with Crippen LogP contribution in [0.5, 0.6) is 0 Å². The fraction of sp³-hybridized carbons (Fsp3) is 0.214. The van der Waals surface area contributed by atoms with Crippen LogP contribution in [0.1, 0.15) is 23.0 Å². The maximum absolute atomic E-state index is 13.1. The summed E-state index contributed by atoms with van der Waals surface area (Å²) in [4.78, 5) is 4.46. The molecule has 0 fully saturated rings. The third kappa shape index (κ3) is 3.59. The largest absolute Gasteiger partial charge is 0.271 e. The average molecular weight is 324 g/mol. The van der Waals surface area contributed by atoms with Gasteiger partial charge in [0.25, 0.3) is 0 Å². The fourth-order valence-electron chi connectivity index (χ4n) is 1.91. The van der Waals surface area contributed by atoms with Crippen LogP contribution in [0.15, 0.2) is 40.9 Å². The molecule has 100 valence electrons. The molecule has 1 heterocycles. The summed E-state index contributed by atoms with van der Waals surface area (Å²) in [5.41, 5.74) is 5.55. The van der Waals surface area contributed by atoms with Crippen LogP contribution in [0.3, 0.4) is 0 Å². The molecule has 1 aromatic carbocycles. The van der Waals surface area contributed by atoms with Gasteiger partial charge in [-0.1, -0.05) is 28.1 Å². The summed E-state index contributed by atoms with van der Waals surface area (Å²) < 4.78 is 13.8. The summed E-state index contributed by atoms with van der Waals surface area (Å²) in [6.45, 7) is 1.94. The zero-order valence-electron chi connectivity index (χ0n) is 10.5. The summed E-state index contributed by atoms with van der Waals surface area (Å²) >= 11 is 3.36. The Hall–Kier alpha value is -1.30. The van der Waals surface area contributed by atoms with Crippen LogP contribution in [0.4, 0.5) is 4.39 Å². The first-order valence-electron chi connectivity index (χ1n) is 5.94. The number of aryl methyl sites for hydroxylation is 1. The van der Waals surface area contributed by atoms with E-state index in [1.807, 2.05) is 25.1 Å². The molecule has 0 aliphatic carbocycles. The number of hydrogen-bond acceptors (Lipinski definition) is 3. The summed E-state index contributed by atoms with van der Waals surface area (Å²) in [6, 6.07) is 10.3. The Morgan fingerprint density at radius 3 is 2.79 bits per heavy atom. The van der Waals surface area contributed by atoms with Gasteiger partial charge in [0.2, 0.25) is 0 Å². The Bertz CT molecular complexity index is 574. The maximum atomic E-state index is 13.1. The number of aromatic nitrogens is 1. The van der Waals surface area contributed by atoms with E-state index in [2.05, 4.69) is 26.3 Å². The highest BCUT2D eigenvalue weighted by atomic mass is 79.9. The topological polar surface area (TPSA) is 50.9 Å². The molecule has 0 saturated carbocycles. The lowest BCUT2D eigenvalue weighted by atomic mass is 10.0. The van der Waals surface area contributed by atoms with Crippen molar-refractivity contribution in [1.29, 1.82) is 0 Å². The van der Waals surface area contributed by atoms with E-state index in [1.165, 1.54) is 12.1 Å². The summed E-state index contributed by atoms with van der Waals surface area (Å²) in [6.07, 6.45) is 0.633. The second-order valence-electron chi connectivity index (χ2n) is 4.36. The fourth-order valence-corrected chi connectivity index (χ4v) is 2.43. The van der Waals surface area contributed by atoms with E-state index in [-0.39, 0.29) is 11.9 Å². The zero-order chi connectivity index (χ0) is 13.8. The van der Waals surface area contributed by atoms with Crippen LogP contribution in [-0.2, 0) is 6.42 Å². The van der Waals surface area contributed by atoms with Gasteiger partial charge in [-0.3, -0.25) is 16.3 Å². The molecule has 0 amide bonds. The number of halogens is 2. The second-order valence-corrected chi connectivity index (χ2v) is 5.22. The predicted octanol–water partition coefficient (Wildman–Crippen LogP) is 3.04. The average Bonchev–Trinajstić information content (AvgIpc) is 2.38. The van der Waals surface area contributed by atoms with Crippen LogP contribution in [-0.4, -0.2) is 4.98 Å². The Kier molecular flexibility index (Phi) is 4.63. The molecule has 19 heavy (non-hydrogen) atoms. The number of pyridine rings is 1. The minimum Gasteiger partial charge on any atom is -0.271 e. The van der Waals surface area contributed by atoms with Crippen molar-refractivity contribution in [2.75, 3.05) is 0 Å². The molecule has 1 unspecified atom stereocenters. The summed E-state index contributed by atoms with van der Waals surface area (Å²) in [7, 11) is 0. The highest BCUT2D eigenvalue weighted by Gasteiger charge is 2.14. The normalized spacial score (nSPS) is 12.4. The van der Waals surface area contributed by atoms with Crippen molar-refractivity contribution in [3.63, 3.8) is 0 Å². The molecule has 1 atom stereocenters. The molecular formula is C14H15BrFN3. The molecule has 2 aromatic rings. The first-order chi connectivity index (χ1) is 9.10. The number of hydrazine groups is 1. The molecular weight excluding hydrogens is 309 g/mol. The first-order valence-corrected chi connectivity index (χ1v) is 6.73. The number of rotatable bonds is 4. The van der Waals surface area contributed by atoms with Gasteiger partial charge in [0, 0.05) is 10.2 Å². The molecule has 0 bridgehead atoms. The molecule has 1 aromatic heterocycles. The van der Waals surface area contributed by atoms with Crippen molar-refractivity contribution in [1.82, 2.24) is 10.4 Å². The molecule has 2 rings (SSSR count). The van der Waals surface area contributed by atoms with Gasteiger partial charge in [-0.2, -0.15) is 0 Å². The van der Waals surface area contributed by atoms with Gasteiger partial charge in [-0.15, -0.1) is 0 Å². The highest BCUT2D eigenvalue weighted by Crippen LogP contribution is 2.23. The standard InChI is InChI=1S/C14H15BrFN3/c1-9-3-2-4-13(18-9)14(19-17)7-10-5-6-11(16)8-12(10)15/h2-6,8,14,19H,7,17H2,1H3. The number of benzene rings is 1. The van der Waals surface area contributed by atoms with Gasteiger partial charge in [-0.05, 0) is 43.2 Å². The van der Waals surface area contributed by atoms with Gasteiger partial charge in [0.05, 0.1) is 11.7 Å². The molecule has 0 aliphatic heterocycles. The van der Waals surface area contributed by atoms with Crippen molar-refractivity contribution >= 4 is 15.9 Å². The highest BCUT2D eigenvalue weighted by molar-refractivity contribution is 9.10. The number of nitrogens with one attached hydrogen (secondary N) is 1. The number of nitrogens with two attached hydrogens (primary N) is 1. The molecule has 5 heteroatoms. The number of nitrogens with zero attached hydrogens (tertiary/aromatic N) is 1. The third-order valence-corrected chi connectivity index (χ3v) is 3.65. The van der Waals surface area contributed by atoms with Crippen molar-refractivity contribution in [2.45, 2.75) is 19.4 Å². The summed E-state index contributed by atoms with van der Waals surface area (Å²) in [5.74, 6) is 5.34. The van der Waals surface area contributed by atoms with E-state index in [4.69, 9.17) is 5.84 Å². The smallest absolute Gasteiger partial charge is 0.124 e. The third-order valence-electron chi connectivity index (χ3n) is 2.91. The molecule has 0 spiro atoms. The molecule has 0 aliphatic rings. The zero-order valence-corrected chi connectivity index (χ0v) is 12.1. The van der Waals surface area contributed by atoms with E-state index in [0.717, 1.165) is 21.4 Å². The van der Waals surface area contributed by atoms with Crippen LogP contribution < -0.4 is 11.3 Å². The van der Waals surface area contributed by atoms with Gasteiger partial charge < -0.3 is 0 Å². The Morgan fingerprint density at radius 2 is 2.16 bits per heavy atom. The van der Waals surface area contributed by atoms with Gasteiger partial charge in [0.15, 0.2) is 0 Å². The predicted molar refractivity (Wildman–Crippen MR) is 76.8 cm³/mol. The van der Waals surface area contributed by atoms with E-state index in [0.29, 0.717) is 6.42 Å². The van der Waals surface area contributed by atoms with Gasteiger partial charge >= 0.3 is 0 Å². The lowest BCUT2D eigenvalue weighted by Crippen LogP contribution is -2.30. The van der Waals surface area contributed by atoms with Crippen LogP contribution >= 0.6 is 15.9 Å². The van der Waals surface area contributed by atoms with Crippen molar-refractivity contribution < 1.29 is 4.39 Å². The maximum Gasteiger partial charge on any atom is 0.124 e. The molecule has 0 saturated heterocycles. The molecule has 3 N–H and O–H groups in total. The second kappa shape index (κ2) is 6.23. The Balaban J connectivity index is 2.24. The SMILES string of the molecule is Cc1cccc(C(Cc2ccc(F)cc2Br)NN)n1. The Labute approximate surface area is 120 Å². The van der Waals surface area contributed by atoms with E-state index in [1.54, 1.807) is 6.07 Å². The van der Waals surface area contributed by atoms with E-state index in [9.17, 15) is 4.39 Å². The Morgan fingerprint density at radius 1 is 1.37 bits per heavy atom. The van der Waals surface area contributed by atoms with Gasteiger partial charge in [-0.25, -0.2) is 4.39 Å². The summed E-state index contributed by atoms with van der Waals surface area (Å²) in [5, 5.41) is 0. The van der Waals surface area contributed by atoms with Crippen molar-refractivity contribution in [2.24, 2.45) is 5.84 Å². The van der Waals surface area contributed by atoms with E-state index >= 15 is 0 Å². The van der Waals surface area contributed by atoms with Crippen LogP contribution in [0.25, 0.3) is 0 Å². The monoisotopic (exact) mass is 323 g/mol. The van der Waals surface area contributed by atoms with Crippen LogP contribution in [0, 0.1) is 12.7 Å². The lowest BCUT2D eigenvalue weighted by Gasteiger charge is -2.16. The first kappa shape index (κ1) is 14.1. The number of hydrogen-bond donors (Lipinski definition) is 2. The van der Waals surface area contributed by atoms with Crippen molar-refractivity contribution in [3.8, 4) is 0 Å². The lowest BCUT2D eigenvalue weighted by molar-refractivity contribution is 0.535. The minimum atomic E-state index is -0.262. The van der Waals surface area contributed by atoms with Crippen molar-refractivity contribution in [3.05, 3.63) is 63.6 Å². The quantitative estimate of drug-likeness (QED) is 0.671. The van der Waals surface area contributed by atoms with E-state index < -0.39 is 0 Å². The van der Waals surface area contributed by atoms with Crippen LogP contribution in [0.2, 0.25) is 0 Å². The molecule has 3 nitrogen and oxygen atoms in total. The minimum absolute atomic E-state index is 0.110. The van der Waals surface area contributed by atoms with Gasteiger partial charge in [0.1, 0.15) is 5.82 Å². The molecule has 0 radical (unpaired) electrons.